The first kappa shape index (κ1) is 25.0. The van der Waals surface area contributed by atoms with E-state index in [1.54, 1.807) is 11.1 Å². The summed E-state index contributed by atoms with van der Waals surface area (Å²) < 4.78 is 6.57. The molecule has 1 aromatic carbocycles. The van der Waals surface area contributed by atoms with Crippen LogP contribution in [0.5, 0.6) is 5.75 Å². The van der Waals surface area contributed by atoms with Gasteiger partial charge in [0.2, 0.25) is 0 Å². The van der Waals surface area contributed by atoms with Crippen LogP contribution in [-0.4, -0.2) is 17.3 Å². The molecule has 3 fully saturated rings. The zero-order valence-corrected chi connectivity index (χ0v) is 24.4. The Labute approximate surface area is 220 Å². The lowest BCUT2D eigenvalue weighted by atomic mass is 9.34. The van der Waals surface area contributed by atoms with E-state index in [1.165, 1.54) is 67.4 Å². The van der Waals surface area contributed by atoms with Gasteiger partial charge in [-0.25, -0.2) is 0 Å². The molecule has 2 nitrogen and oxygen atoms in total. The second-order valence-corrected chi connectivity index (χ2v) is 15.7. The molecule has 198 valence electrons. The van der Waals surface area contributed by atoms with E-state index in [-0.39, 0.29) is 27.3 Å². The van der Waals surface area contributed by atoms with Crippen LogP contribution in [0.3, 0.4) is 0 Å². The molecule has 0 aromatic heterocycles. The summed E-state index contributed by atoms with van der Waals surface area (Å²) in [5.74, 6) is 1.86. The molecule has 2 heteroatoms. The van der Waals surface area contributed by atoms with Crippen LogP contribution in [-0.2, 0) is 18.3 Å². The highest BCUT2D eigenvalue weighted by Crippen LogP contribution is 2.74. The fourth-order valence-electron chi connectivity index (χ4n) is 10.1. The Morgan fingerprint density at radius 1 is 0.917 bits per heavy atom. The first-order valence-corrected chi connectivity index (χ1v) is 14.9. The molecule has 1 aromatic rings. The summed E-state index contributed by atoms with van der Waals surface area (Å²) in [7, 11) is 0. The van der Waals surface area contributed by atoms with E-state index in [0.29, 0.717) is 17.9 Å². The third-order valence-corrected chi connectivity index (χ3v) is 13.0. The normalized spacial score (nSPS) is 44.7. The van der Waals surface area contributed by atoms with E-state index in [0.717, 1.165) is 19.3 Å². The van der Waals surface area contributed by atoms with E-state index in [1.807, 2.05) is 0 Å². The number of rotatable bonds is 1. The summed E-state index contributed by atoms with van der Waals surface area (Å²) in [6, 6.07) is 2.57. The predicted octanol–water partition coefficient (Wildman–Crippen LogP) is 8.24. The molecular formula is C34H50O2. The molecule has 36 heavy (non-hydrogen) atoms. The second kappa shape index (κ2) is 7.43. The lowest BCUT2D eigenvalue weighted by Crippen LogP contribution is -2.62. The van der Waals surface area contributed by atoms with E-state index in [4.69, 9.17) is 4.74 Å². The molecule has 0 spiro atoms. The number of allylic oxidation sites excluding steroid dienone is 2. The van der Waals surface area contributed by atoms with E-state index < -0.39 is 0 Å². The Morgan fingerprint density at radius 3 is 2.36 bits per heavy atom. The number of hydrogen-bond acceptors (Lipinski definition) is 2. The van der Waals surface area contributed by atoms with Gasteiger partial charge in [-0.05, 0) is 135 Å². The minimum Gasteiger partial charge on any atom is -0.487 e. The van der Waals surface area contributed by atoms with Crippen molar-refractivity contribution in [3.05, 3.63) is 40.0 Å². The van der Waals surface area contributed by atoms with Crippen molar-refractivity contribution in [2.75, 3.05) is 6.61 Å². The van der Waals surface area contributed by atoms with E-state index in [9.17, 15) is 5.11 Å². The summed E-state index contributed by atoms with van der Waals surface area (Å²) >= 11 is 0. The Bertz CT molecular complexity index is 1140. The number of aryl methyl sites for hydroxylation is 1. The maximum Gasteiger partial charge on any atom is 0.126 e. The third-order valence-electron chi connectivity index (χ3n) is 13.0. The van der Waals surface area contributed by atoms with Gasteiger partial charge >= 0.3 is 0 Å². The highest BCUT2D eigenvalue weighted by molar-refractivity contribution is 5.59. The van der Waals surface area contributed by atoms with Gasteiger partial charge in [0.05, 0.1) is 0 Å². The monoisotopic (exact) mass is 490 g/mol. The maximum atomic E-state index is 10.3. The molecule has 3 saturated carbocycles. The van der Waals surface area contributed by atoms with E-state index >= 15 is 0 Å². The molecule has 4 aliphatic carbocycles. The van der Waals surface area contributed by atoms with Gasteiger partial charge in [0.25, 0.3) is 0 Å². The average Bonchev–Trinajstić information content (AvgIpc) is 2.83. The van der Waals surface area contributed by atoms with Gasteiger partial charge in [-0.15, -0.1) is 0 Å². The van der Waals surface area contributed by atoms with Gasteiger partial charge in [-0.3, -0.25) is 0 Å². The lowest BCUT2D eigenvalue weighted by molar-refractivity contribution is -0.163. The standard InChI is InChI=1S/C34H50O2/c1-22-24-9-10-26-32(6,25(24)19-23-11-12-29(2,3)36-28(22)23)16-18-34(8)27-20-30(4,21-35)13-14-31(27,5)15-17-33(26,34)7/h10,19,27,35H,9,11-18,20-21H2,1-8H3/t27-,30-,31-,32+,33-,34+/m1/s1. The molecule has 0 unspecified atom stereocenters. The minimum absolute atomic E-state index is 0.0660. The summed E-state index contributed by atoms with van der Waals surface area (Å²) in [6.07, 6.45) is 14.8. The van der Waals surface area contributed by atoms with Gasteiger partial charge in [-0.1, -0.05) is 52.3 Å². The number of ether oxygens (including phenoxy) is 1. The number of fused-ring (bicyclic) bond motifs is 8. The molecule has 1 aliphatic heterocycles. The molecule has 0 amide bonds. The van der Waals surface area contributed by atoms with Crippen LogP contribution in [0, 0.1) is 34.5 Å². The second-order valence-electron chi connectivity index (χ2n) is 15.7. The first-order valence-electron chi connectivity index (χ1n) is 14.9. The molecule has 0 bridgehead atoms. The Kier molecular flexibility index (Phi) is 5.16. The zero-order chi connectivity index (χ0) is 25.9. The molecule has 0 saturated heterocycles. The van der Waals surface area contributed by atoms with Crippen LogP contribution in [0.2, 0.25) is 0 Å². The number of aliphatic hydroxyl groups excluding tert-OH is 1. The molecular weight excluding hydrogens is 440 g/mol. The van der Waals surface area contributed by atoms with Crippen molar-refractivity contribution < 1.29 is 9.84 Å². The van der Waals surface area contributed by atoms with Crippen molar-refractivity contribution in [2.24, 2.45) is 27.6 Å². The van der Waals surface area contributed by atoms with Gasteiger partial charge < -0.3 is 9.84 Å². The largest absolute Gasteiger partial charge is 0.487 e. The lowest BCUT2D eigenvalue weighted by Gasteiger charge is -2.70. The maximum absolute atomic E-state index is 10.3. The van der Waals surface area contributed by atoms with Gasteiger partial charge in [0, 0.05) is 12.0 Å². The smallest absolute Gasteiger partial charge is 0.126 e. The molecule has 5 aliphatic rings. The molecule has 6 atom stereocenters. The number of benzene rings is 1. The molecule has 6 rings (SSSR count). The number of hydrogen-bond donors (Lipinski definition) is 1. The van der Waals surface area contributed by atoms with Crippen LogP contribution in [0.1, 0.15) is 122 Å². The van der Waals surface area contributed by atoms with Gasteiger partial charge in [-0.2, -0.15) is 0 Å². The fourth-order valence-corrected chi connectivity index (χ4v) is 10.1. The summed E-state index contributed by atoms with van der Waals surface area (Å²) in [5.41, 5.74) is 8.80. The predicted molar refractivity (Wildman–Crippen MR) is 149 cm³/mol. The van der Waals surface area contributed by atoms with Crippen LogP contribution in [0.15, 0.2) is 17.7 Å². The zero-order valence-electron chi connectivity index (χ0n) is 24.4. The Morgan fingerprint density at radius 2 is 1.64 bits per heavy atom. The SMILES string of the molecule is Cc1c2c(cc3c1OC(C)(C)CC3)[C@]1(C)CC[C@@]3(C)[C@@H]4C[C@](C)(CO)CC[C@]4(C)CC[C@]3(C)C1=CC2. The quantitative estimate of drug-likeness (QED) is 0.402. The summed E-state index contributed by atoms with van der Waals surface area (Å²) in [5, 5.41) is 10.3. The number of aliphatic hydroxyl groups is 1. The Hall–Kier alpha value is -1.28. The van der Waals surface area contributed by atoms with Crippen LogP contribution >= 0.6 is 0 Å². The van der Waals surface area contributed by atoms with Crippen molar-refractivity contribution in [3.63, 3.8) is 0 Å². The van der Waals surface area contributed by atoms with Gasteiger partial charge in [0.1, 0.15) is 11.4 Å². The highest BCUT2D eigenvalue weighted by Gasteiger charge is 2.66. The Balaban J connectivity index is 1.44. The summed E-state index contributed by atoms with van der Waals surface area (Å²) in [4.78, 5) is 0. The molecule has 0 radical (unpaired) electrons. The van der Waals surface area contributed by atoms with Crippen LogP contribution in [0.25, 0.3) is 0 Å². The highest BCUT2D eigenvalue weighted by atomic mass is 16.5. The molecule has 1 heterocycles. The van der Waals surface area contributed by atoms with Crippen LogP contribution < -0.4 is 4.74 Å². The average molecular weight is 491 g/mol. The van der Waals surface area contributed by atoms with Crippen molar-refractivity contribution in [1.29, 1.82) is 0 Å². The third kappa shape index (κ3) is 3.12. The fraction of sp³-hybridized carbons (Fsp3) is 0.765. The van der Waals surface area contributed by atoms with Crippen molar-refractivity contribution in [3.8, 4) is 5.75 Å². The minimum atomic E-state index is -0.0660. The van der Waals surface area contributed by atoms with Crippen LogP contribution in [0.4, 0.5) is 0 Å². The van der Waals surface area contributed by atoms with Crippen molar-refractivity contribution in [2.45, 2.75) is 131 Å². The first-order chi connectivity index (χ1) is 16.7. The van der Waals surface area contributed by atoms with E-state index in [2.05, 4.69) is 67.5 Å². The van der Waals surface area contributed by atoms with Gasteiger partial charge in [0.15, 0.2) is 0 Å². The van der Waals surface area contributed by atoms with Crippen molar-refractivity contribution in [1.82, 2.24) is 0 Å². The summed E-state index contributed by atoms with van der Waals surface area (Å²) in [6.45, 7) is 19.9. The molecule has 1 N–H and O–H groups in total. The van der Waals surface area contributed by atoms with Crippen molar-refractivity contribution >= 4 is 0 Å². The topological polar surface area (TPSA) is 29.5 Å².